The van der Waals surface area contributed by atoms with Crippen molar-refractivity contribution in [2.45, 2.75) is 56.9 Å². The molecule has 6 heteroatoms. The van der Waals surface area contributed by atoms with E-state index in [2.05, 4.69) is 0 Å². The summed E-state index contributed by atoms with van der Waals surface area (Å²) in [6, 6.07) is 9.63. The first kappa shape index (κ1) is 15.9. The fraction of sp³-hybridized carbons (Fsp3) is 0.625. The summed E-state index contributed by atoms with van der Waals surface area (Å²) in [5.74, 6) is -0.840. The van der Waals surface area contributed by atoms with Crippen LogP contribution >= 0.6 is 0 Å². The van der Waals surface area contributed by atoms with E-state index in [4.69, 9.17) is 18.9 Å². The quantitative estimate of drug-likeness (QED) is 0.860. The molecular weight excluding hydrogens is 288 g/mol. The van der Waals surface area contributed by atoms with Gasteiger partial charge in [-0.15, -0.1) is 0 Å². The van der Waals surface area contributed by atoms with Crippen molar-refractivity contribution in [3.63, 3.8) is 0 Å². The molecule has 22 heavy (non-hydrogen) atoms. The van der Waals surface area contributed by atoms with Crippen LogP contribution in [0.2, 0.25) is 0 Å². The van der Waals surface area contributed by atoms with Crippen LogP contribution in [0.1, 0.15) is 19.4 Å². The molecule has 5 atom stereocenters. The fourth-order valence-corrected chi connectivity index (χ4v) is 2.74. The highest BCUT2D eigenvalue weighted by atomic mass is 16.8. The number of rotatable bonds is 3. The lowest BCUT2D eigenvalue weighted by Crippen LogP contribution is -2.46. The number of aliphatic hydroxyl groups is 2. The van der Waals surface area contributed by atoms with E-state index in [-0.39, 0.29) is 6.61 Å². The Balaban J connectivity index is 1.63. The van der Waals surface area contributed by atoms with Gasteiger partial charge in [0.1, 0.15) is 24.4 Å². The van der Waals surface area contributed by atoms with Crippen molar-refractivity contribution in [1.82, 2.24) is 0 Å². The van der Waals surface area contributed by atoms with Gasteiger partial charge in [-0.2, -0.15) is 0 Å². The fourth-order valence-electron chi connectivity index (χ4n) is 2.74. The molecular formula is C16H22O6. The third-order valence-electron chi connectivity index (χ3n) is 3.89. The standard InChI is InChI=1S/C16H22O6/c1-16(2)21-14-13(18)12(17)11(9-20-15(14)22-16)19-8-10-6-4-3-5-7-10/h3-7,11-15,17-18H,8-9H2,1-2H3/t11-,12-,13+,14-,15-/m1/s1. The van der Waals surface area contributed by atoms with Gasteiger partial charge >= 0.3 is 0 Å². The number of hydrogen-bond acceptors (Lipinski definition) is 6. The molecule has 1 aromatic carbocycles. The van der Waals surface area contributed by atoms with Crippen LogP contribution < -0.4 is 0 Å². The van der Waals surface area contributed by atoms with Gasteiger partial charge in [-0.05, 0) is 19.4 Å². The summed E-state index contributed by atoms with van der Waals surface area (Å²) < 4.78 is 22.5. The number of fused-ring (bicyclic) bond motifs is 1. The van der Waals surface area contributed by atoms with Crippen LogP contribution in [-0.4, -0.2) is 53.3 Å². The molecule has 2 aliphatic heterocycles. The Morgan fingerprint density at radius 2 is 1.86 bits per heavy atom. The Bertz CT molecular complexity index is 491. The van der Waals surface area contributed by atoms with Gasteiger partial charge < -0.3 is 29.2 Å². The van der Waals surface area contributed by atoms with Crippen LogP contribution in [0.5, 0.6) is 0 Å². The zero-order chi connectivity index (χ0) is 15.7. The van der Waals surface area contributed by atoms with Gasteiger partial charge in [0.2, 0.25) is 0 Å². The Kier molecular flexibility index (Phi) is 4.49. The minimum Gasteiger partial charge on any atom is -0.387 e. The minimum absolute atomic E-state index is 0.131. The van der Waals surface area contributed by atoms with Gasteiger partial charge in [0.05, 0.1) is 13.2 Å². The van der Waals surface area contributed by atoms with Gasteiger partial charge in [0.15, 0.2) is 12.1 Å². The van der Waals surface area contributed by atoms with Crippen molar-refractivity contribution in [2.75, 3.05) is 6.61 Å². The zero-order valence-electron chi connectivity index (χ0n) is 12.7. The summed E-state index contributed by atoms with van der Waals surface area (Å²) in [5, 5.41) is 20.6. The molecule has 2 aliphatic rings. The summed E-state index contributed by atoms with van der Waals surface area (Å²) in [6.07, 6.45) is -4.30. The van der Waals surface area contributed by atoms with Crippen molar-refractivity contribution >= 4 is 0 Å². The van der Waals surface area contributed by atoms with Crippen molar-refractivity contribution in [1.29, 1.82) is 0 Å². The molecule has 0 radical (unpaired) electrons. The lowest BCUT2D eigenvalue weighted by molar-refractivity contribution is -0.208. The lowest BCUT2D eigenvalue weighted by atomic mass is 10.0. The molecule has 2 N–H and O–H groups in total. The van der Waals surface area contributed by atoms with E-state index in [0.717, 1.165) is 5.56 Å². The lowest BCUT2D eigenvalue weighted by Gasteiger charge is -2.27. The molecule has 2 heterocycles. The third kappa shape index (κ3) is 3.32. The highest BCUT2D eigenvalue weighted by Gasteiger charge is 2.51. The maximum Gasteiger partial charge on any atom is 0.189 e. The maximum absolute atomic E-state index is 10.3. The minimum atomic E-state index is -1.13. The molecule has 0 spiro atoms. The smallest absolute Gasteiger partial charge is 0.189 e. The van der Waals surface area contributed by atoms with Crippen LogP contribution in [0.3, 0.4) is 0 Å². The van der Waals surface area contributed by atoms with Gasteiger partial charge in [-0.25, -0.2) is 0 Å². The first-order chi connectivity index (χ1) is 10.5. The van der Waals surface area contributed by atoms with E-state index < -0.39 is 36.5 Å². The molecule has 3 rings (SSSR count). The average molecular weight is 310 g/mol. The maximum atomic E-state index is 10.3. The molecule has 0 aliphatic carbocycles. The second-order valence-electron chi connectivity index (χ2n) is 6.12. The van der Waals surface area contributed by atoms with Crippen molar-refractivity contribution in [3.8, 4) is 0 Å². The van der Waals surface area contributed by atoms with E-state index in [0.29, 0.717) is 6.61 Å². The molecule has 122 valence electrons. The van der Waals surface area contributed by atoms with E-state index >= 15 is 0 Å². The van der Waals surface area contributed by atoms with Crippen molar-refractivity contribution in [2.24, 2.45) is 0 Å². The SMILES string of the molecule is CC1(C)O[C@H]2OC[C@@H](OCc3ccccc3)[C@@H](O)[C@H](O)[C@H]2O1. The molecule has 0 amide bonds. The first-order valence-corrected chi connectivity index (χ1v) is 7.45. The largest absolute Gasteiger partial charge is 0.387 e. The van der Waals surface area contributed by atoms with Crippen LogP contribution in [0.25, 0.3) is 0 Å². The highest BCUT2D eigenvalue weighted by Crippen LogP contribution is 2.34. The summed E-state index contributed by atoms with van der Waals surface area (Å²) in [4.78, 5) is 0. The third-order valence-corrected chi connectivity index (χ3v) is 3.89. The molecule has 0 unspecified atom stereocenters. The predicted molar refractivity (Wildman–Crippen MR) is 76.8 cm³/mol. The molecule has 0 aromatic heterocycles. The monoisotopic (exact) mass is 310 g/mol. The number of aliphatic hydroxyl groups excluding tert-OH is 2. The van der Waals surface area contributed by atoms with Crippen molar-refractivity contribution < 1.29 is 29.2 Å². The van der Waals surface area contributed by atoms with E-state index in [1.165, 1.54) is 0 Å². The van der Waals surface area contributed by atoms with Gasteiger partial charge in [-0.3, -0.25) is 0 Å². The molecule has 2 fully saturated rings. The Labute approximate surface area is 129 Å². The molecule has 6 nitrogen and oxygen atoms in total. The molecule has 2 saturated heterocycles. The van der Waals surface area contributed by atoms with Crippen LogP contribution in [0.4, 0.5) is 0 Å². The summed E-state index contributed by atoms with van der Waals surface area (Å²) in [5.41, 5.74) is 0.988. The van der Waals surface area contributed by atoms with E-state index in [1.807, 2.05) is 30.3 Å². The zero-order valence-corrected chi connectivity index (χ0v) is 12.7. The molecule has 0 saturated carbocycles. The van der Waals surface area contributed by atoms with Crippen LogP contribution in [0.15, 0.2) is 30.3 Å². The Morgan fingerprint density at radius 3 is 2.59 bits per heavy atom. The number of ether oxygens (including phenoxy) is 4. The van der Waals surface area contributed by atoms with Gasteiger partial charge in [-0.1, -0.05) is 30.3 Å². The summed E-state index contributed by atoms with van der Waals surface area (Å²) in [7, 11) is 0. The number of hydrogen-bond donors (Lipinski definition) is 2. The average Bonchev–Trinajstić information content (AvgIpc) is 2.77. The second-order valence-corrected chi connectivity index (χ2v) is 6.12. The molecule has 0 bridgehead atoms. The normalized spacial score (nSPS) is 37.5. The van der Waals surface area contributed by atoms with Crippen molar-refractivity contribution in [3.05, 3.63) is 35.9 Å². The Morgan fingerprint density at radius 1 is 1.14 bits per heavy atom. The van der Waals surface area contributed by atoms with Gasteiger partial charge in [0, 0.05) is 0 Å². The van der Waals surface area contributed by atoms with Crippen LogP contribution in [0, 0.1) is 0 Å². The topological polar surface area (TPSA) is 77.4 Å². The highest BCUT2D eigenvalue weighted by molar-refractivity contribution is 5.13. The first-order valence-electron chi connectivity index (χ1n) is 7.45. The van der Waals surface area contributed by atoms with E-state index in [9.17, 15) is 10.2 Å². The molecule has 1 aromatic rings. The second kappa shape index (κ2) is 6.23. The van der Waals surface area contributed by atoms with E-state index in [1.54, 1.807) is 13.8 Å². The Hall–Kier alpha value is -1.02. The summed E-state index contributed by atoms with van der Waals surface area (Å²) >= 11 is 0. The number of benzene rings is 1. The summed E-state index contributed by atoms with van der Waals surface area (Å²) in [6.45, 7) is 3.95. The van der Waals surface area contributed by atoms with Crippen LogP contribution in [-0.2, 0) is 25.6 Å². The van der Waals surface area contributed by atoms with Gasteiger partial charge in [0.25, 0.3) is 0 Å². The predicted octanol–water partition coefficient (Wildman–Crippen LogP) is 0.801.